The fraction of sp³-hybridized carbons (Fsp3) is 0.265. The first-order valence-corrected chi connectivity index (χ1v) is 16.9. The van der Waals surface area contributed by atoms with E-state index in [9.17, 15) is 14.0 Å². The van der Waals surface area contributed by atoms with Crippen molar-refractivity contribution in [2.45, 2.75) is 39.3 Å². The third-order valence-corrected chi connectivity index (χ3v) is 9.32. The molecule has 0 amide bonds. The van der Waals surface area contributed by atoms with Gasteiger partial charge in [-0.05, 0) is 77.3 Å². The molecule has 5 rings (SSSR count). The van der Waals surface area contributed by atoms with Gasteiger partial charge in [-0.3, -0.25) is 9.36 Å². The van der Waals surface area contributed by atoms with E-state index in [-0.39, 0.29) is 24.6 Å². The van der Waals surface area contributed by atoms with Crippen molar-refractivity contribution in [2.75, 3.05) is 20.8 Å². The van der Waals surface area contributed by atoms with Gasteiger partial charge in [-0.25, -0.2) is 14.2 Å². The van der Waals surface area contributed by atoms with Gasteiger partial charge in [-0.2, -0.15) is 0 Å². The Morgan fingerprint density at radius 2 is 1.83 bits per heavy atom. The Kier molecular flexibility index (Phi) is 10.8. The third kappa shape index (κ3) is 6.84. The molecule has 0 fully saturated rings. The Bertz CT molecular complexity index is 2010. The molecule has 0 N–H and O–H groups in total. The zero-order chi connectivity index (χ0) is 33.0. The number of halogens is 3. The highest BCUT2D eigenvalue weighted by atomic mass is 79.9. The van der Waals surface area contributed by atoms with E-state index in [1.807, 2.05) is 19.1 Å². The fourth-order valence-corrected chi connectivity index (χ4v) is 7.19. The second-order valence-electron chi connectivity index (χ2n) is 10.2. The van der Waals surface area contributed by atoms with Gasteiger partial charge in [-0.15, -0.1) is 0 Å². The Morgan fingerprint density at radius 1 is 1.07 bits per heavy atom. The molecule has 1 aliphatic rings. The van der Waals surface area contributed by atoms with Crippen molar-refractivity contribution >= 4 is 55.2 Å². The summed E-state index contributed by atoms with van der Waals surface area (Å²) in [4.78, 5) is 33.0. The number of carbonyl (C=O) groups is 1. The largest absolute Gasteiger partial charge is 0.496 e. The summed E-state index contributed by atoms with van der Waals surface area (Å²) in [6, 6.07) is 14.6. The summed E-state index contributed by atoms with van der Waals surface area (Å²) in [6.45, 7) is 3.92. The smallest absolute Gasteiger partial charge is 0.338 e. The third-order valence-electron chi connectivity index (χ3n) is 7.26. The quantitative estimate of drug-likeness (QED) is 0.155. The van der Waals surface area contributed by atoms with Gasteiger partial charge in [0.2, 0.25) is 0 Å². The number of ether oxygens (including phenoxy) is 4. The summed E-state index contributed by atoms with van der Waals surface area (Å²) in [7, 11) is 3.05. The Hall–Kier alpha value is -3.74. The molecular formula is C34H31Br2FN2O6S. The normalized spacial score (nSPS) is 14.5. The Labute approximate surface area is 286 Å². The maximum absolute atomic E-state index is 14.2. The number of fused-ring (bicyclic) bond motifs is 1. The van der Waals surface area contributed by atoms with Crippen LogP contribution in [0.1, 0.15) is 49.4 Å². The lowest BCUT2D eigenvalue weighted by Gasteiger charge is -2.27. The Balaban J connectivity index is 1.65. The Morgan fingerprint density at radius 3 is 2.52 bits per heavy atom. The van der Waals surface area contributed by atoms with Gasteiger partial charge in [0.15, 0.2) is 16.3 Å². The molecule has 0 unspecified atom stereocenters. The molecule has 2 heterocycles. The zero-order valence-electron chi connectivity index (χ0n) is 25.6. The molecule has 0 radical (unpaired) electrons. The number of hydrogen-bond donors (Lipinski definition) is 0. The van der Waals surface area contributed by atoms with Crippen LogP contribution in [0.2, 0.25) is 0 Å². The highest BCUT2D eigenvalue weighted by molar-refractivity contribution is 9.10. The molecule has 240 valence electrons. The van der Waals surface area contributed by atoms with Crippen LogP contribution in [0.4, 0.5) is 4.39 Å². The number of allylic oxidation sites excluding steroid dienone is 1. The van der Waals surface area contributed by atoms with Gasteiger partial charge in [0.25, 0.3) is 5.56 Å². The van der Waals surface area contributed by atoms with Crippen molar-refractivity contribution in [2.24, 2.45) is 4.99 Å². The lowest BCUT2D eigenvalue weighted by atomic mass is 9.93. The van der Waals surface area contributed by atoms with Gasteiger partial charge in [0, 0.05) is 15.6 Å². The number of thiazole rings is 1. The molecule has 1 aliphatic heterocycles. The maximum atomic E-state index is 14.2. The highest BCUT2D eigenvalue weighted by Gasteiger charge is 2.36. The molecule has 4 aromatic rings. The van der Waals surface area contributed by atoms with E-state index >= 15 is 0 Å². The molecule has 0 bridgehead atoms. The number of rotatable bonds is 11. The minimum atomic E-state index is -0.832. The van der Waals surface area contributed by atoms with Gasteiger partial charge in [0.05, 0.1) is 41.1 Å². The highest BCUT2D eigenvalue weighted by Crippen LogP contribution is 2.39. The van der Waals surface area contributed by atoms with Crippen molar-refractivity contribution in [3.05, 3.63) is 117 Å². The number of aromatic nitrogens is 1. The van der Waals surface area contributed by atoms with Gasteiger partial charge < -0.3 is 18.9 Å². The number of nitrogens with zero attached hydrogens (tertiary/aromatic N) is 2. The number of hydrogen-bond acceptors (Lipinski definition) is 8. The molecule has 0 aliphatic carbocycles. The molecule has 0 spiro atoms. The minimum Gasteiger partial charge on any atom is -0.496 e. The average molecular weight is 775 g/mol. The van der Waals surface area contributed by atoms with E-state index in [4.69, 9.17) is 23.9 Å². The zero-order valence-corrected chi connectivity index (χ0v) is 29.6. The summed E-state index contributed by atoms with van der Waals surface area (Å²) in [5, 5.41) is 0. The number of methoxy groups -OCH3 is 2. The predicted octanol–water partition coefficient (Wildman–Crippen LogP) is 6.84. The molecule has 0 saturated carbocycles. The predicted molar refractivity (Wildman–Crippen MR) is 182 cm³/mol. The molecule has 0 saturated heterocycles. The van der Waals surface area contributed by atoms with Crippen molar-refractivity contribution < 1.29 is 28.1 Å². The molecule has 3 aromatic carbocycles. The van der Waals surface area contributed by atoms with E-state index in [0.29, 0.717) is 65.4 Å². The van der Waals surface area contributed by atoms with Gasteiger partial charge >= 0.3 is 5.97 Å². The van der Waals surface area contributed by atoms with E-state index < -0.39 is 12.0 Å². The number of esters is 1. The van der Waals surface area contributed by atoms with Crippen LogP contribution >= 0.6 is 43.2 Å². The van der Waals surface area contributed by atoms with Gasteiger partial charge in [-0.1, -0.05) is 58.8 Å². The lowest BCUT2D eigenvalue weighted by Crippen LogP contribution is -2.40. The standard InChI is InChI=1S/C34H31Br2FN2O6S/c1-5-9-25-29(33(41)44-6-2)30(22-17-21(35)12-13-26(22)42-3)39-32(40)28(46-34(39)38-25)16-19-14-23(36)31(27(15-19)43-4)45-18-20-10-7-8-11-24(20)37/h7-8,10-17,30H,5-6,9,18H2,1-4H3/b28-16+/t30-/m0/s1. The van der Waals surface area contributed by atoms with Crippen molar-refractivity contribution in [1.29, 1.82) is 0 Å². The van der Waals surface area contributed by atoms with Crippen molar-refractivity contribution in [3.8, 4) is 17.2 Å². The molecule has 46 heavy (non-hydrogen) atoms. The van der Waals surface area contributed by atoms with Crippen LogP contribution in [-0.2, 0) is 16.1 Å². The topological polar surface area (TPSA) is 88.4 Å². The second-order valence-corrected chi connectivity index (χ2v) is 13.0. The fourth-order valence-electron chi connectivity index (χ4n) is 5.21. The average Bonchev–Trinajstić information content (AvgIpc) is 3.34. The number of carbonyl (C=O) groups excluding carboxylic acids is 1. The molecule has 12 heteroatoms. The molecule has 8 nitrogen and oxygen atoms in total. The summed E-state index contributed by atoms with van der Waals surface area (Å²) in [6.07, 6.45) is 2.99. The SMILES string of the molecule is CCCC1=C(C(=O)OCC)[C@H](c2cc(Br)ccc2OC)n2c(s/c(=C/c3cc(Br)c(OCc4ccccc4F)c(OC)c3)c2=O)=N1. The minimum absolute atomic E-state index is 0.00152. The summed E-state index contributed by atoms with van der Waals surface area (Å²) < 4.78 is 40.2. The summed E-state index contributed by atoms with van der Waals surface area (Å²) in [5.74, 6) is 0.417. The van der Waals surface area contributed by atoms with Crippen LogP contribution in [0.25, 0.3) is 6.08 Å². The monoisotopic (exact) mass is 772 g/mol. The van der Waals surface area contributed by atoms with Crippen LogP contribution in [0.3, 0.4) is 0 Å². The first-order chi connectivity index (χ1) is 22.2. The van der Waals surface area contributed by atoms with Crippen LogP contribution in [0, 0.1) is 5.82 Å². The maximum Gasteiger partial charge on any atom is 0.338 e. The van der Waals surface area contributed by atoms with E-state index in [1.165, 1.54) is 29.1 Å². The van der Waals surface area contributed by atoms with Crippen LogP contribution in [0.5, 0.6) is 17.2 Å². The molecule has 1 aromatic heterocycles. The number of benzene rings is 3. The summed E-state index contributed by atoms with van der Waals surface area (Å²) >= 11 is 8.32. The van der Waals surface area contributed by atoms with Crippen LogP contribution in [0.15, 0.2) is 84.6 Å². The van der Waals surface area contributed by atoms with Gasteiger partial charge in [0.1, 0.15) is 24.2 Å². The van der Waals surface area contributed by atoms with Crippen LogP contribution in [-0.4, -0.2) is 31.4 Å². The van der Waals surface area contributed by atoms with E-state index in [2.05, 4.69) is 31.9 Å². The summed E-state index contributed by atoms with van der Waals surface area (Å²) in [5.41, 5.74) is 2.23. The van der Waals surface area contributed by atoms with Crippen molar-refractivity contribution in [1.82, 2.24) is 4.57 Å². The van der Waals surface area contributed by atoms with Crippen LogP contribution < -0.4 is 29.1 Å². The van der Waals surface area contributed by atoms with Crippen molar-refractivity contribution in [3.63, 3.8) is 0 Å². The molecular weight excluding hydrogens is 743 g/mol. The lowest BCUT2D eigenvalue weighted by molar-refractivity contribution is -0.139. The second kappa shape index (κ2) is 14.8. The first-order valence-electron chi connectivity index (χ1n) is 14.5. The van der Waals surface area contributed by atoms with E-state index in [0.717, 1.165) is 10.9 Å². The first kappa shape index (κ1) is 33.6. The van der Waals surface area contributed by atoms with E-state index in [1.54, 1.807) is 56.5 Å². The molecule has 1 atom stereocenters.